The number of H-pyrrole nitrogens is 1. The van der Waals surface area contributed by atoms with Crippen LogP contribution in [0.5, 0.6) is 5.75 Å². The Labute approximate surface area is 85.4 Å². The van der Waals surface area contributed by atoms with Crippen molar-refractivity contribution < 1.29 is 4.74 Å². The van der Waals surface area contributed by atoms with Crippen molar-refractivity contribution in [2.24, 2.45) is 0 Å². The van der Waals surface area contributed by atoms with Gasteiger partial charge in [0.15, 0.2) is 5.75 Å². The van der Waals surface area contributed by atoms with E-state index < -0.39 is 0 Å². The molecule has 1 heterocycles. The van der Waals surface area contributed by atoms with Crippen molar-refractivity contribution in [3.8, 4) is 5.75 Å². The van der Waals surface area contributed by atoms with Crippen LogP contribution in [0.3, 0.4) is 0 Å². The highest BCUT2D eigenvalue weighted by atomic mass is 35.5. The fraction of sp³-hybridized carbons (Fsp3) is 0.111. The van der Waals surface area contributed by atoms with Crippen LogP contribution in [-0.2, 0) is 0 Å². The number of nitrogens with one attached hydrogen (secondary N) is 1. The zero-order valence-electron chi connectivity index (χ0n) is 6.90. The van der Waals surface area contributed by atoms with Crippen molar-refractivity contribution in [1.82, 2.24) is 4.98 Å². The van der Waals surface area contributed by atoms with E-state index in [0.29, 0.717) is 15.8 Å². The normalized spacial score (nSPS) is 10.7. The molecule has 0 unspecified atom stereocenters. The smallest absolute Gasteiger partial charge is 0.156 e. The average molecular weight is 216 g/mol. The van der Waals surface area contributed by atoms with Crippen LogP contribution in [0, 0.1) is 0 Å². The van der Waals surface area contributed by atoms with Crippen LogP contribution < -0.4 is 4.74 Å². The summed E-state index contributed by atoms with van der Waals surface area (Å²) in [6.07, 6.45) is 1.81. The number of halogens is 2. The first-order valence-electron chi connectivity index (χ1n) is 3.73. The Morgan fingerprint density at radius 1 is 1.38 bits per heavy atom. The standard InChI is InChI=1S/C9H7Cl2NO/c1-13-9-6(10)4-7-5(8(9)11)2-3-12-7/h2-4,12H,1H3. The summed E-state index contributed by atoms with van der Waals surface area (Å²) in [6, 6.07) is 3.68. The van der Waals surface area contributed by atoms with Gasteiger partial charge in [0.2, 0.25) is 0 Å². The molecule has 0 atom stereocenters. The molecule has 1 N–H and O–H groups in total. The fourth-order valence-corrected chi connectivity index (χ4v) is 1.97. The molecule has 0 aliphatic carbocycles. The van der Waals surface area contributed by atoms with Gasteiger partial charge >= 0.3 is 0 Å². The highest BCUT2D eigenvalue weighted by Crippen LogP contribution is 2.38. The molecule has 0 amide bonds. The van der Waals surface area contributed by atoms with Crippen molar-refractivity contribution in [3.05, 3.63) is 28.4 Å². The van der Waals surface area contributed by atoms with Gasteiger partial charge in [0.25, 0.3) is 0 Å². The molecule has 2 nitrogen and oxygen atoms in total. The number of benzene rings is 1. The lowest BCUT2D eigenvalue weighted by atomic mass is 10.2. The first kappa shape index (κ1) is 8.73. The molecule has 13 heavy (non-hydrogen) atoms. The van der Waals surface area contributed by atoms with E-state index >= 15 is 0 Å². The molecular formula is C9H7Cl2NO. The average Bonchev–Trinajstić information content (AvgIpc) is 2.53. The maximum atomic E-state index is 6.06. The van der Waals surface area contributed by atoms with Crippen LogP contribution in [0.4, 0.5) is 0 Å². The van der Waals surface area contributed by atoms with Crippen LogP contribution in [0.15, 0.2) is 18.3 Å². The quantitative estimate of drug-likeness (QED) is 0.775. The van der Waals surface area contributed by atoms with Gasteiger partial charge in [0.05, 0.1) is 17.2 Å². The Morgan fingerprint density at radius 3 is 2.85 bits per heavy atom. The SMILES string of the molecule is COc1c(Cl)cc2[nH]ccc2c1Cl. The van der Waals surface area contributed by atoms with Crippen molar-refractivity contribution in [2.75, 3.05) is 7.11 Å². The summed E-state index contributed by atoms with van der Waals surface area (Å²) in [5.41, 5.74) is 0.913. The molecule has 0 radical (unpaired) electrons. The minimum Gasteiger partial charge on any atom is -0.494 e. The van der Waals surface area contributed by atoms with Crippen molar-refractivity contribution in [2.45, 2.75) is 0 Å². The number of methoxy groups -OCH3 is 1. The first-order valence-corrected chi connectivity index (χ1v) is 4.48. The Morgan fingerprint density at radius 2 is 2.15 bits per heavy atom. The maximum Gasteiger partial charge on any atom is 0.156 e. The number of hydrogen-bond acceptors (Lipinski definition) is 1. The van der Waals surface area contributed by atoms with Gasteiger partial charge < -0.3 is 9.72 Å². The van der Waals surface area contributed by atoms with Crippen molar-refractivity contribution in [1.29, 1.82) is 0 Å². The third-order valence-electron chi connectivity index (χ3n) is 1.91. The van der Waals surface area contributed by atoms with E-state index in [2.05, 4.69) is 4.98 Å². The van der Waals surface area contributed by atoms with Gasteiger partial charge in [-0.3, -0.25) is 0 Å². The second kappa shape index (κ2) is 3.13. The Bertz CT molecular complexity index is 450. The fourth-order valence-electron chi connectivity index (χ4n) is 1.30. The first-order chi connectivity index (χ1) is 6.24. The van der Waals surface area contributed by atoms with E-state index in [0.717, 1.165) is 10.9 Å². The summed E-state index contributed by atoms with van der Waals surface area (Å²) in [4.78, 5) is 3.03. The highest BCUT2D eigenvalue weighted by Gasteiger charge is 2.11. The van der Waals surface area contributed by atoms with Gasteiger partial charge in [-0.15, -0.1) is 0 Å². The van der Waals surface area contributed by atoms with Crippen LogP contribution in [0.2, 0.25) is 10.0 Å². The second-order valence-electron chi connectivity index (χ2n) is 2.64. The zero-order valence-corrected chi connectivity index (χ0v) is 8.41. The molecule has 68 valence electrons. The van der Waals surface area contributed by atoms with Crippen molar-refractivity contribution in [3.63, 3.8) is 0 Å². The summed E-state index contributed by atoms with van der Waals surface area (Å²) >= 11 is 12.0. The van der Waals surface area contributed by atoms with Crippen LogP contribution in [0.1, 0.15) is 0 Å². The molecule has 0 spiro atoms. The van der Waals surface area contributed by atoms with E-state index in [1.807, 2.05) is 12.3 Å². The van der Waals surface area contributed by atoms with Gasteiger partial charge in [-0.2, -0.15) is 0 Å². The molecule has 1 aromatic carbocycles. The Balaban J connectivity index is 2.85. The maximum absolute atomic E-state index is 6.06. The molecule has 2 rings (SSSR count). The lowest BCUT2D eigenvalue weighted by Gasteiger charge is -2.05. The number of fused-ring (bicyclic) bond motifs is 1. The van der Waals surface area contributed by atoms with E-state index in [1.165, 1.54) is 0 Å². The van der Waals surface area contributed by atoms with Gasteiger partial charge in [-0.05, 0) is 12.1 Å². The van der Waals surface area contributed by atoms with Crippen molar-refractivity contribution >= 4 is 34.1 Å². The van der Waals surface area contributed by atoms with Gasteiger partial charge in [0, 0.05) is 17.1 Å². The summed E-state index contributed by atoms with van der Waals surface area (Å²) in [7, 11) is 1.55. The Hall–Kier alpha value is -0.860. The monoisotopic (exact) mass is 215 g/mol. The number of ether oxygens (including phenoxy) is 1. The minimum atomic E-state index is 0.516. The summed E-state index contributed by atoms with van der Waals surface area (Å²) in [5, 5.41) is 1.98. The third kappa shape index (κ3) is 1.26. The molecular weight excluding hydrogens is 209 g/mol. The number of aromatic nitrogens is 1. The second-order valence-corrected chi connectivity index (χ2v) is 3.43. The predicted octanol–water partition coefficient (Wildman–Crippen LogP) is 3.48. The molecule has 0 aliphatic rings. The van der Waals surface area contributed by atoms with Gasteiger partial charge in [-0.25, -0.2) is 0 Å². The number of rotatable bonds is 1. The molecule has 0 fully saturated rings. The molecule has 0 aliphatic heterocycles. The Kier molecular flexibility index (Phi) is 2.10. The molecule has 4 heteroatoms. The largest absolute Gasteiger partial charge is 0.494 e. The van der Waals surface area contributed by atoms with E-state index in [-0.39, 0.29) is 0 Å². The van der Waals surface area contributed by atoms with Crippen LogP contribution in [0.25, 0.3) is 10.9 Å². The molecule has 2 aromatic rings. The summed E-state index contributed by atoms with van der Waals surface area (Å²) in [6.45, 7) is 0. The molecule has 0 saturated heterocycles. The van der Waals surface area contributed by atoms with Gasteiger partial charge in [0.1, 0.15) is 0 Å². The van der Waals surface area contributed by atoms with E-state index in [4.69, 9.17) is 27.9 Å². The number of aromatic amines is 1. The lowest BCUT2D eigenvalue weighted by molar-refractivity contribution is 0.416. The molecule has 0 saturated carbocycles. The minimum absolute atomic E-state index is 0.516. The number of hydrogen-bond donors (Lipinski definition) is 1. The third-order valence-corrected chi connectivity index (χ3v) is 2.56. The van der Waals surface area contributed by atoms with Crippen LogP contribution >= 0.6 is 23.2 Å². The van der Waals surface area contributed by atoms with E-state index in [9.17, 15) is 0 Å². The molecule has 1 aromatic heterocycles. The summed E-state index contributed by atoms with van der Waals surface area (Å²) in [5.74, 6) is 0.524. The van der Waals surface area contributed by atoms with Crippen LogP contribution in [-0.4, -0.2) is 12.1 Å². The predicted molar refractivity (Wildman–Crippen MR) is 54.9 cm³/mol. The highest BCUT2D eigenvalue weighted by molar-refractivity contribution is 6.41. The molecule has 0 bridgehead atoms. The van der Waals surface area contributed by atoms with Gasteiger partial charge in [-0.1, -0.05) is 23.2 Å². The zero-order chi connectivity index (χ0) is 9.42. The van der Waals surface area contributed by atoms with E-state index in [1.54, 1.807) is 13.2 Å². The summed E-state index contributed by atoms with van der Waals surface area (Å²) < 4.78 is 5.08. The lowest BCUT2D eigenvalue weighted by Crippen LogP contribution is -1.85. The topological polar surface area (TPSA) is 25.0 Å².